The Morgan fingerprint density at radius 3 is 2.29 bits per heavy atom. The predicted molar refractivity (Wildman–Crippen MR) is 88.6 cm³/mol. The van der Waals surface area contributed by atoms with E-state index in [-0.39, 0.29) is 0 Å². The monoisotopic (exact) mass is 288 g/mol. The highest BCUT2D eigenvalue weighted by atomic mass is 15.4. The summed E-state index contributed by atoms with van der Waals surface area (Å²) in [5, 5.41) is 4.52. The van der Waals surface area contributed by atoms with E-state index in [1.807, 2.05) is 19.9 Å². The molecular weight excluding hydrogens is 260 g/mol. The molecule has 0 aromatic carbocycles. The number of rotatable bonds is 4. The van der Waals surface area contributed by atoms with Gasteiger partial charge in [-0.3, -0.25) is 0 Å². The smallest absolute Gasteiger partial charge is 0.243 e. The van der Waals surface area contributed by atoms with Crippen molar-refractivity contribution in [1.29, 1.82) is 0 Å². The van der Waals surface area contributed by atoms with Crippen LogP contribution in [0.2, 0.25) is 0 Å². The van der Waals surface area contributed by atoms with E-state index in [1.165, 1.54) is 25.0 Å². The number of nitrogens with one attached hydrogen (secondary N) is 1. The van der Waals surface area contributed by atoms with Crippen LogP contribution in [-0.2, 0) is 0 Å². The van der Waals surface area contributed by atoms with Crippen molar-refractivity contribution < 1.29 is 0 Å². The zero-order valence-electron chi connectivity index (χ0n) is 14.0. The lowest BCUT2D eigenvalue weighted by atomic mass is 9.69. The Morgan fingerprint density at radius 1 is 1.19 bits per heavy atom. The summed E-state index contributed by atoms with van der Waals surface area (Å²) in [5.74, 6) is 1.43. The first-order chi connectivity index (χ1) is 9.90. The maximum Gasteiger partial charge on any atom is 0.243 e. The highest BCUT2D eigenvalue weighted by molar-refractivity contribution is 5.85. The van der Waals surface area contributed by atoms with E-state index < -0.39 is 0 Å². The molecule has 1 aromatic heterocycles. The summed E-state index contributed by atoms with van der Waals surface area (Å²) in [6.45, 7) is 11.0. The zero-order valence-corrected chi connectivity index (χ0v) is 14.0. The van der Waals surface area contributed by atoms with Gasteiger partial charge in [0, 0.05) is 17.1 Å². The Labute approximate surface area is 128 Å². The summed E-state index contributed by atoms with van der Waals surface area (Å²) in [4.78, 5) is 8.71. The minimum atomic E-state index is 0.454. The SMILES string of the molecule is CCC(C)(C)C1CCC(=NNc2nc(C)cc(C)n2)CC1. The highest BCUT2D eigenvalue weighted by Gasteiger charge is 2.30. The minimum absolute atomic E-state index is 0.454. The van der Waals surface area contributed by atoms with Crippen molar-refractivity contribution in [2.24, 2.45) is 16.4 Å². The van der Waals surface area contributed by atoms with Gasteiger partial charge in [0.2, 0.25) is 5.95 Å². The lowest BCUT2D eigenvalue weighted by molar-refractivity contribution is 0.176. The largest absolute Gasteiger partial charge is 0.245 e. The molecule has 0 saturated heterocycles. The Hall–Kier alpha value is -1.45. The van der Waals surface area contributed by atoms with E-state index in [4.69, 9.17) is 0 Å². The first-order valence-electron chi connectivity index (χ1n) is 8.04. The zero-order chi connectivity index (χ0) is 15.5. The maximum atomic E-state index is 4.52. The number of aromatic nitrogens is 2. The molecule has 4 nitrogen and oxygen atoms in total. The van der Waals surface area contributed by atoms with Gasteiger partial charge in [-0.25, -0.2) is 15.4 Å². The van der Waals surface area contributed by atoms with Crippen LogP contribution in [0.25, 0.3) is 0 Å². The molecule has 0 bridgehead atoms. The third-order valence-corrected chi connectivity index (χ3v) is 4.88. The summed E-state index contributed by atoms with van der Waals surface area (Å²) < 4.78 is 0. The fourth-order valence-corrected chi connectivity index (χ4v) is 3.04. The number of nitrogens with zero attached hydrogens (tertiary/aromatic N) is 3. The number of aryl methyl sites for hydroxylation is 2. The summed E-state index contributed by atoms with van der Waals surface area (Å²) in [6.07, 6.45) is 5.92. The molecule has 1 saturated carbocycles. The van der Waals surface area contributed by atoms with Crippen LogP contribution in [0.1, 0.15) is 64.3 Å². The van der Waals surface area contributed by atoms with Crippen LogP contribution < -0.4 is 5.43 Å². The molecule has 1 fully saturated rings. The molecule has 116 valence electrons. The van der Waals surface area contributed by atoms with Gasteiger partial charge >= 0.3 is 0 Å². The van der Waals surface area contributed by atoms with Gasteiger partial charge < -0.3 is 0 Å². The molecule has 1 aliphatic carbocycles. The van der Waals surface area contributed by atoms with Crippen molar-refractivity contribution in [2.75, 3.05) is 5.43 Å². The fourth-order valence-electron chi connectivity index (χ4n) is 3.04. The molecule has 4 heteroatoms. The van der Waals surface area contributed by atoms with E-state index in [0.717, 1.165) is 30.1 Å². The maximum absolute atomic E-state index is 4.52. The average Bonchev–Trinajstić information content (AvgIpc) is 2.44. The third kappa shape index (κ3) is 4.26. The van der Waals surface area contributed by atoms with Crippen molar-refractivity contribution in [1.82, 2.24) is 9.97 Å². The average molecular weight is 288 g/mol. The summed E-state index contributed by atoms with van der Waals surface area (Å²) >= 11 is 0. The van der Waals surface area contributed by atoms with Gasteiger partial charge in [-0.15, -0.1) is 0 Å². The summed E-state index contributed by atoms with van der Waals surface area (Å²) in [6, 6.07) is 1.97. The van der Waals surface area contributed by atoms with Gasteiger partial charge in [0.25, 0.3) is 0 Å². The Morgan fingerprint density at radius 2 is 1.76 bits per heavy atom. The molecule has 0 unspecified atom stereocenters. The van der Waals surface area contributed by atoms with Crippen LogP contribution in [0.3, 0.4) is 0 Å². The van der Waals surface area contributed by atoms with Gasteiger partial charge in [-0.1, -0.05) is 27.2 Å². The normalized spacial score (nSPS) is 19.5. The minimum Gasteiger partial charge on any atom is -0.245 e. The molecule has 1 N–H and O–H groups in total. The molecule has 2 rings (SSSR count). The van der Waals surface area contributed by atoms with Crippen LogP contribution in [0, 0.1) is 25.2 Å². The third-order valence-electron chi connectivity index (χ3n) is 4.88. The molecule has 1 heterocycles. The van der Waals surface area contributed by atoms with E-state index >= 15 is 0 Å². The Kier molecular flexibility index (Phi) is 4.96. The summed E-state index contributed by atoms with van der Waals surface area (Å²) in [5.41, 5.74) is 6.68. The van der Waals surface area contributed by atoms with Crippen molar-refractivity contribution in [3.8, 4) is 0 Å². The molecule has 0 spiro atoms. The van der Waals surface area contributed by atoms with Crippen LogP contribution in [0.15, 0.2) is 11.2 Å². The molecule has 1 aromatic rings. The lowest BCUT2D eigenvalue weighted by Crippen LogP contribution is -2.28. The van der Waals surface area contributed by atoms with Gasteiger partial charge in [0.15, 0.2) is 0 Å². The van der Waals surface area contributed by atoms with E-state index in [2.05, 4.69) is 41.3 Å². The first-order valence-corrected chi connectivity index (χ1v) is 8.04. The van der Waals surface area contributed by atoms with Crippen molar-refractivity contribution >= 4 is 11.7 Å². The van der Waals surface area contributed by atoms with E-state index in [0.29, 0.717) is 11.4 Å². The molecule has 0 atom stereocenters. The van der Waals surface area contributed by atoms with Gasteiger partial charge in [0.05, 0.1) is 0 Å². The fraction of sp³-hybridized carbons (Fsp3) is 0.706. The molecule has 0 radical (unpaired) electrons. The molecule has 21 heavy (non-hydrogen) atoms. The predicted octanol–water partition coefficient (Wildman–Crippen LogP) is 4.49. The van der Waals surface area contributed by atoms with Crippen molar-refractivity contribution in [2.45, 2.75) is 66.7 Å². The molecular formula is C17H28N4. The van der Waals surface area contributed by atoms with Crippen molar-refractivity contribution in [3.05, 3.63) is 17.5 Å². The topological polar surface area (TPSA) is 50.2 Å². The second-order valence-electron chi connectivity index (χ2n) is 6.88. The van der Waals surface area contributed by atoms with Gasteiger partial charge in [-0.05, 0) is 56.9 Å². The quantitative estimate of drug-likeness (QED) is 0.831. The van der Waals surface area contributed by atoms with Gasteiger partial charge in [0.1, 0.15) is 0 Å². The Balaban J connectivity index is 1.93. The number of hydrazone groups is 1. The number of hydrogen-bond donors (Lipinski definition) is 1. The second-order valence-corrected chi connectivity index (χ2v) is 6.88. The summed E-state index contributed by atoms with van der Waals surface area (Å²) in [7, 11) is 0. The standard InChI is InChI=1S/C17H28N4/c1-6-17(4,5)14-7-9-15(10-8-14)20-21-16-18-12(2)11-13(3)19-16/h11,14H,6-10H2,1-5H3,(H,18,19,21). The molecule has 0 amide bonds. The highest BCUT2D eigenvalue weighted by Crippen LogP contribution is 2.39. The first kappa shape index (κ1) is 15.9. The number of anilines is 1. The van der Waals surface area contributed by atoms with E-state index in [9.17, 15) is 0 Å². The van der Waals surface area contributed by atoms with Crippen LogP contribution in [0.5, 0.6) is 0 Å². The van der Waals surface area contributed by atoms with Crippen LogP contribution >= 0.6 is 0 Å². The molecule has 1 aliphatic rings. The van der Waals surface area contributed by atoms with Crippen LogP contribution in [0.4, 0.5) is 5.95 Å². The van der Waals surface area contributed by atoms with Crippen molar-refractivity contribution in [3.63, 3.8) is 0 Å². The van der Waals surface area contributed by atoms with Gasteiger partial charge in [-0.2, -0.15) is 5.10 Å². The lowest BCUT2D eigenvalue weighted by Gasteiger charge is -2.36. The molecule has 0 aliphatic heterocycles. The second kappa shape index (κ2) is 6.54. The number of hydrogen-bond acceptors (Lipinski definition) is 4. The Bertz CT molecular complexity index is 489. The van der Waals surface area contributed by atoms with Crippen LogP contribution in [-0.4, -0.2) is 15.7 Å². The van der Waals surface area contributed by atoms with E-state index in [1.54, 1.807) is 0 Å².